The normalized spacial score (nSPS) is 13.6. The molecule has 0 saturated carbocycles. The molecule has 0 bridgehead atoms. The molecule has 0 aromatic carbocycles. The standard InChI is InChI=1S/C10H24N2O/c1-3-4-5-7-12(2)8-6-10(13)9-11/h10,13H,3-9,11H2,1-2H3. The topological polar surface area (TPSA) is 49.5 Å². The van der Waals surface area contributed by atoms with Gasteiger partial charge in [0, 0.05) is 13.1 Å². The molecule has 0 aliphatic heterocycles. The van der Waals surface area contributed by atoms with Crippen molar-refractivity contribution in [2.45, 2.75) is 38.7 Å². The van der Waals surface area contributed by atoms with Gasteiger partial charge < -0.3 is 15.7 Å². The van der Waals surface area contributed by atoms with Gasteiger partial charge in [-0.05, 0) is 26.4 Å². The molecule has 0 aliphatic carbocycles. The number of unbranched alkanes of at least 4 members (excludes halogenated alkanes) is 2. The molecule has 3 nitrogen and oxygen atoms in total. The predicted molar refractivity (Wildman–Crippen MR) is 56.7 cm³/mol. The smallest absolute Gasteiger partial charge is 0.0674 e. The van der Waals surface area contributed by atoms with Crippen molar-refractivity contribution in [1.29, 1.82) is 0 Å². The van der Waals surface area contributed by atoms with E-state index in [1.807, 2.05) is 0 Å². The Morgan fingerprint density at radius 3 is 2.54 bits per heavy atom. The fourth-order valence-corrected chi connectivity index (χ4v) is 1.23. The number of nitrogens with two attached hydrogens (primary N) is 1. The second kappa shape index (κ2) is 8.48. The summed E-state index contributed by atoms with van der Waals surface area (Å²) in [7, 11) is 2.10. The van der Waals surface area contributed by atoms with E-state index < -0.39 is 0 Å². The van der Waals surface area contributed by atoms with Crippen LogP contribution in [-0.2, 0) is 0 Å². The Morgan fingerprint density at radius 1 is 1.31 bits per heavy atom. The van der Waals surface area contributed by atoms with Crippen molar-refractivity contribution in [3.05, 3.63) is 0 Å². The number of hydrogen-bond donors (Lipinski definition) is 2. The zero-order valence-corrected chi connectivity index (χ0v) is 9.00. The number of rotatable bonds is 8. The third-order valence-corrected chi connectivity index (χ3v) is 2.26. The van der Waals surface area contributed by atoms with Gasteiger partial charge in [-0.2, -0.15) is 0 Å². The second-order valence-corrected chi connectivity index (χ2v) is 3.69. The van der Waals surface area contributed by atoms with Crippen LogP contribution >= 0.6 is 0 Å². The maximum absolute atomic E-state index is 9.23. The van der Waals surface area contributed by atoms with Crippen molar-refractivity contribution in [2.75, 3.05) is 26.7 Å². The van der Waals surface area contributed by atoms with Gasteiger partial charge in [-0.25, -0.2) is 0 Å². The van der Waals surface area contributed by atoms with Crippen LogP contribution in [0, 0.1) is 0 Å². The fourth-order valence-electron chi connectivity index (χ4n) is 1.23. The van der Waals surface area contributed by atoms with E-state index in [4.69, 9.17) is 5.73 Å². The van der Waals surface area contributed by atoms with Gasteiger partial charge >= 0.3 is 0 Å². The van der Waals surface area contributed by atoms with E-state index in [9.17, 15) is 5.11 Å². The first-order chi connectivity index (χ1) is 6.20. The first-order valence-corrected chi connectivity index (χ1v) is 5.27. The molecule has 0 aromatic heterocycles. The number of aliphatic hydroxyl groups is 1. The van der Waals surface area contributed by atoms with Gasteiger partial charge in [-0.1, -0.05) is 19.8 Å². The quantitative estimate of drug-likeness (QED) is 0.554. The van der Waals surface area contributed by atoms with Crippen molar-refractivity contribution >= 4 is 0 Å². The van der Waals surface area contributed by atoms with Crippen LogP contribution < -0.4 is 5.73 Å². The molecule has 3 heteroatoms. The minimum Gasteiger partial charge on any atom is -0.392 e. The summed E-state index contributed by atoms with van der Waals surface area (Å²) < 4.78 is 0. The Hall–Kier alpha value is -0.120. The minimum atomic E-state index is -0.325. The van der Waals surface area contributed by atoms with Crippen molar-refractivity contribution in [3.8, 4) is 0 Å². The Balaban J connectivity index is 3.24. The van der Waals surface area contributed by atoms with Crippen LogP contribution in [0.15, 0.2) is 0 Å². The average Bonchev–Trinajstić information content (AvgIpc) is 2.14. The molecule has 0 spiro atoms. The van der Waals surface area contributed by atoms with E-state index in [1.54, 1.807) is 0 Å². The predicted octanol–water partition coefficient (Wildman–Crippen LogP) is 0.818. The molecule has 0 amide bonds. The van der Waals surface area contributed by atoms with Crippen LogP contribution in [0.4, 0.5) is 0 Å². The SMILES string of the molecule is CCCCCN(C)CCC(O)CN. The fraction of sp³-hybridized carbons (Fsp3) is 1.00. The lowest BCUT2D eigenvalue weighted by Crippen LogP contribution is -2.28. The zero-order chi connectivity index (χ0) is 10.1. The first kappa shape index (κ1) is 12.9. The number of nitrogens with zero attached hydrogens (tertiary/aromatic N) is 1. The van der Waals surface area contributed by atoms with E-state index in [1.165, 1.54) is 19.3 Å². The lowest BCUT2D eigenvalue weighted by molar-refractivity contribution is 0.154. The molecule has 0 aliphatic rings. The lowest BCUT2D eigenvalue weighted by Gasteiger charge is -2.17. The summed E-state index contributed by atoms with van der Waals surface area (Å²) in [6, 6.07) is 0. The highest BCUT2D eigenvalue weighted by Crippen LogP contribution is 1.98. The van der Waals surface area contributed by atoms with Gasteiger partial charge in [-0.15, -0.1) is 0 Å². The molecule has 0 aromatic rings. The number of hydrogen-bond acceptors (Lipinski definition) is 3. The summed E-state index contributed by atoms with van der Waals surface area (Å²) in [4.78, 5) is 2.26. The monoisotopic (exact) mass is 188 g/mol. The van der Waals surface area contributed by atoms with E-state index in [0.717, 1.165) is 19.5 Å². The molecule has 1 unspecified atom stereocenters. The van der Waals surface area contributed by atoms with Crippen molar-refractivity contribution in [1.82, 2.24) is 4.90 Å². The van der Waals surface area contributed by atoms with Crippen LogP contribution in [0.2, 0.25) is 0 Å². The Morgan fingerprint density at radius 2 is 2.00 bits per heavy atom. The van der Waals surface area contributed by atoms with Gasteiger partial charge in [0.25, 0.3) is 0 Å². The molecule has 1 atom stereocenters. The summed E-state index contributed by atoms with van der Waals surface area (Å²) in [6.45, 7) is 4.66. The Labute approximate surface area is 81.9 Å². The minimum absolute atomic E-state index is 0.325. The van der Waals surface area contributed by atoms with Crippen LogP contribution in [0.5, 0.6) is 0 Å². The van der Waals surface area contributed by atoms with Crippen molar-refractivity contribution < 1.29 is 5.11 Å². The number of aliphatic hydroxyl groups excluding tert-OH is 1. The molecule has 3 N–H and O–H groups in total. The van der Waals surface area contributed by atoms with Crippen LogP contribution in [0.3, 0.4) is 0 Å². The third-order valence-electron chi connectivity index (χ3n) is 2.26. The highest BCUT2D eigenvalue weighted by Gasteiger charge is 2.03. The van der Waals surface area contributed by atoms with Crippen molar-refractivity contribution in [2.24, 2.45) is 5.73 Å². The molecular weight excluding hydrogens is 164 g/mol. The second-order valence-electron chi connectivity index (χ2n) is 3.69. The van der Waals surface area contributed by atoms with Gasteiger partial charge in [0.15, 0.2) is 0 Å². The van der Waals surface area contributed by atoms with Crippen LogP contribution in [-0.4, -0.2) is 42.8 Å². The van der Waals surface area contributed by atoms with E-state index in [-0.39, 0.29) is 6.10 Å². The van der Waals surface area contributed by atoms with Gasteiger partial charge in [0.05, 0.1) is 6.10 Å². The molecular formula is C10H24N2O. The molecule has 80 valence electrons. The lowest BCUT2D eigenvalue weighted by atomic mass is 10.2. The van der Waals surface area contributed by atoms with Crippen LogP contribution in [0.1, 0.15) is 32.6 Å². The van der Waals surface area contributed by atoms with Crippen molar-refractivity contribution in [3.63, 3.8) is 0 Å². The summed E-state index contributed by atoms with van der Waals surface area (Å²) in [5, 5.41) is 9.23. The highest BCUT2D eigenvalue weighted by atomic mass is 16.3. The van der Waals surface area contributed by atoms with Gasteiger partial charge in [0.2, 0.25) is 0 Å². The maximum Gasteiger partial charge on any atom is 0.0674 e. The summed E-state index contributed by atoms with van der Waals surface area (Å²) >= 11 is 0. The van der Waals surface area contributed by atoms with Gasteiger partial charge in [-0.3, -0.25) is 0 Å². The average molecular weight is 188 g/mol. The molecule has 0 saturated heterocycles. The Kier molecular flexibility index (Phi) is 8.40. The summed E-state index contributed by atoms with van der Waals surface area (Å²) in [5.41, 5.74) is 5.31. The van der Waals surface area contributed by atoms with E-state index in [0.29, 0.717) is 6.54 Å². The van der Waals surface area contributed by atoms with E-state index in [2.05, 4.69) is 18.9 Å². The molecule has 0 rings (SSSR count). The molecule has 0 radical (unpaired) electrons. The summed E-state index contributed by atoms with van der Waals surface area (Å²) in [6.07, 6.45) is 4.28. The zero-order valence-electron chi connectivity index (χ0n) is 9.00. The van der Waals surface area contributed by atoms with Crippen LogP contribution in [0.25, 0.3) is 0 Å². The molecule has 0 fully saturated rings. The molecule has 13 heavy (non-hydrogen) atoms. The van der Waals surface area contributed by atoms with Gasteiger partial charge in [0.1, 0.15) is 0 Å². The first-order valence-electron chi connectivity index (χ1n) is 5.27. The van der Waals surface area contributed by atoms with E-state index >= 15 is 0 Å². The largest absolute Gasteiger partial charge is 0.392 e. The Bertz CT molecular complexity index is 109. The molecule has 0 heterocycles. The third kappa shape index (κ3) is 8.22. The highest BCUT2D eigenvalue weighted by molar-refractivity contribution is 4.59. The summed E-state index contributed by atoms with van der Waals surface area (Å²) in [5.74, 6) is 0. The maximum atomic E-state index is 9.23.